The van der Waals surface area contributed by atoms with Crippen LogP contribution in [0, 0.1) is 0 Å². The van der Waals surface area contributed by atoms with E-state index in [0.29, 0.717) is 29.3 Å². The quantitative estimate of drug-likeness (QED) is 0.493. The van der Waals surface area contributed by atoms with E-state index in [1.54, 1.807) is 35.6 Å². The number of carbonyl (C=O) groups excluding carboxylic acids is 2. The second kappa shape index (κ2) is 9.94. The molecule has 0 radical (unpaired) electrons. The molecule has 0 bridgehead atoms. The minimum Gasteiger partial charge on any atom is -0.333 e. The second-order valence-electron chi connectivity index (χ2n) is 8.03. The lowest BCUT2D eigenvalue weighted by molar-refractivity contribution is 0.0655. The zero-order chi connectivity index (χ0) is 21.2. The number of hydrogen-bond donors (Lipinski definition) is 0. The van der Waals surface area contributed by atoms with Crippen molar-refractivity contribution < 1.29 is 14.1 Å². The van der Waals surface area contributed by atoms with E-state index in [2.05, 4.69) is 21.1 Å². The maximum Gasteiger partial charge on any atom is 0.267 e. The van der Waals surface area contributed by atoms with Crippen molar-refractivity contribution in [3.8, 4) is 10.8 Å². The molecule has 0 atom stereocenters. The Hall–Kier alpha value is -2.55. The molecule has 1 fully saturated rings. The number of benzene rings is 1. The van der Waals surface area contributed by atoms with E-state index in [4.69, 9.17) is 4.52 Å². The average Bonchev–Trinajstić information content (AvgIpc) is 3.43. The number of imide groups is 1. The van der Waals surface area contributed by atoms with Crippen molar-refractivity contribution in [2.24, 2.45) is 0 Å². The number of nitrogens with zero attached hydrogens (tertiary/aromatic N) is 4. The Labute approximate surface area is 196 Å². The number of hydrogen-bond acceptors (Lipinski definition) is 7. The highest BCUT2D eigenvalue weighted by molar-refractivity contribution is 7.15. The van der Waals surface area contributed by atoms with Gasteiger partial charge in [0.15, 0.2) is 5.82 Å². The molecular formula is C23H25ClN4O3S. The first kappa shape index (κ1) is 22.6. The summed E-state index contributed by atoms with van der Waals surface area (Å²) in [5.41, 5.74) is 0.911. The first-order chi connectivity index (χ1) is 15.2. The summed E-state index contributed by atoms with van der Waals surface area (Å²) in [4.78, 5) is 35.5. The van der Waals surface area contributed by atoms with Crippen molar-refractivity contribution in [1.82, 2.24) is 19.9 Å². The Morgan fingerprint density at radius 2 is 1.62 bits per heavy atom. The molecular weight excluding hydrogens is 448 g/mol. The number of aromatic nitrogens is 2. The highest BCUT2D eigenvalue weighted by atomic mass is 35.5. The molecule has 2 aliphatic heterocycles. The number of halogens is 1. The smallest absolute Gasteiger partial charge is 0.267 e. The predicted molar refractivity (Wildman–Crippen MR) is 124 cm³/mol. The van der Waals surface area contributed by atoms with E-state index in [9.17, 15) is 9.59 Å². The lowest BCUT2D eigenvalue weighted by atomic mass is 10.1. The zero-order valence-corrected chi connectivity index (χ0v) is 19.3. The van der Waals surface area contributed by atoms with Crippen molar-refractivity contribution in [3.05, 3.63) is 58.2 Å². The van der Waals surface area contributed by atoms with Gasteiger partial charge in [-0.15, -0.1) is 23.7 Å². The second-order valence-corrected chi connectivity index (χ2v) is 9.20. The van der Waals surface area contributed by atoms with Gasteiger partial charge in [0.2, 0.25) is 0 Å². The summed E-state index contributed by atoms with van der Waals surface area (Å²) in [6.45, 7) is 3.52. The molecule has 2 aromatic heterocycles. The molecule has 5 rings (SSSR count). The molecule has 3 aromatic rings. The van der Waals surface area contributed by atoms with E-state index in [0.717, 1.165) is 24.5 Å². The van der Waals surface area contributed by atoms with E-state index in [1.165, 1.54) is 35.5 Å². The summed E-state index contributed by atoms with van der Waals surface area (Å²) in [5, 5.41) is 4.05. The van der Waals surface area contributed by atoms with Crippen LogP contribution in [0.1, 0.15) is 57.1 Å². The van der Waals surface area contributed by atoms with Crippen molar-refractivity contribution in [1.29, 1.82) is 0 Å². The summed E-state index contributed by atoms with van der Waals surface area (Å²) >= 11 is 1.68. The number of likely N-dealkylation sites (tertiary alicyclic amines) is 1. The van der Waals surface area contributed by atoms with Gasteiger partial charge in [-0.2, -0.15) is 4.98 Å². The summed E-state index contributed by atoms with van der Waals surface area (Å²) in [5.74, 6) is 0.458. The van der Waals surface area contributed by atoms with Gasteiger partial charge in [0.1, 0.15) is 0 Å². The SMILES string of the molecule is Cl.O=C1c2ccccc2C(=O)N1CCc1noc(-c2ccc(CN3CCCCCC3)s2)n1. The number of carbonyl (C=O) groups is 2. The molecule has 1 saturated heterocycles. The van der Waals surface area contributed by atoms with Crippen LogP contribution in [0.15, 0.2) is 40.9 Å². The van der Waals surface area contributed by atoms with Gasteiger partial charge in [-0.3, -0.25) is 19.4 Å². The molecule has 32 heavy (non-hydrogen) atoms. The molecule has 4 heterocycles. The molecule has 1 aromatic carbocycles. The van der Waals surface area contributed by atoms with E-state index in [1.807, 2.05) is 6.07 Å². The van der Waals surface area contributed by atoms with Crippen LogP contribution in [0.5, 0.6) is 0 Å². The van der Waals surface area contributed by atoms with Gasteiger partial charge >= 0.3 is 0 Å². The van der Waals surface area contributed by atoms with Crippen LogP contribution in [0.2, 0.25) is 0 Å². The molecule has 0 N–H and O–H groups in total. The van der Waals surface area contributed by atoms with Crippen LogP contribution < -0.4 is 0 Å². The number of rotatable bonds is 6. The topological polar surface area (TPSA) is 79.5 Å². The van der Waals surface area contributed by atoms with Crippen molar-refractivity contribution >= 4 is 35.6 Å². The fourth-order valence-corrected chi connectivity index (χ4v) is 5.17. The van der Waals surface area contributed by atoms with Crippen LogP contribution in [-0.2, 0) is 13.0 Å². The van der Waals surface area contributed by atoms with Crippen molar-refractivity contribution in [2.75, 3.05) is 19.6 Å². The monoisotopic (exact) mass is 472 g/mol. The third-order valence-electron chi connectivity index (χ3n) is 5.86. The Kier molecular flexibility index (Phi) is 7.03. The number of thiophene rings is 1. The zero-order valence-electron chi connectivity index (χ0n) is 17.7. The van der Waals surface area contributed by atoms with Gasteiger partial charge in [0, 0.05) is 24.4 Å². The fraction of sp³-hybridized carbons (Fsp3) is 0.391. The Morgan fingerprint density at radius 3 is 2.31 bits per heavy atom. The molecule has 0 unspecified atom stereocenters. The lowest BCUT2D eigenvalue weighted by Gasteiger charge is -2.18. The van der Waals surface area contributed by atoms with Crippen LogP contribution in [0.4, 0.5) is 0 Å². The summed E-state index contributed by atoms with van der Waals surface area (Å²) in [7, 11) is 0. The van der Waals surface area contributed by atoms with E-state index in [-0.39, 0.29) is 30.8 Å². The van der Waals surface area contributed by atoms with Gasteiger partial charge < -0.3 is 4.52 Å². The highest BCUT2D eigenvalue weighted by Crippen LogP contribution is 2.28. The van der Waals surface area contributed by atoms with Gasteiger partial charge in [0.25, 0.3) is 17.7 Å². The molecule has 2 amide bonds. The number of amides is 2. The molecule has 7 nitrogen and oxygen atoms in total. The summed E-state index contributed by atoms with van der Waals surface area (Å²) in [6.07, 6.45) is 5.58. The largest absolute Gasteiger partial charge is 0.333 e. The number of fused-ring (bicyclic) bond motifs is 1. The Balaban J connectivity index is 0.00000245. The third-order valence-corrected chi connectivity index (χ3v) is 6.91. The van der Waals surface area contributed by atoms with Crippen LogP contribution in [-0.4, -0.2) is 51.4 Å². The molecule has 168 valence electrons. The maximum absolute atomic E-state index is 12.5. The molecule has 9 heteroatoms. The molecule has 2 aliphatic rings. The van der Waals surface area contributed by atoms with E-state index < -0.39 is 0 Å². The lowest BCUT2D eigenvalue weighted by Crippen LogP contribution is -2.31. The molecule has 0 spiro atoms. The average molecular weight is 473 g/mol. The highest BCUT2D eigenvalue weighted by Gasteiger charge is 2.34. The fourth-order valence-electron chi connectivity index (χ4n) is 4.20. The molecule has 0 saturated carbocycles. The van der Waals surface area contributed by atoms with Gasteiger partial charge in [0.05, 0.1) is 16.0 Å². The Morgan fingerprint density at radius 1 is 0.938 bits per heavy atom. The van der Waals surface area contributed by atoms with Crippen LogP contribution >= 0.6 is 23.7 Å². The minimum absolute atomic E-state index is 0. The summed E-state index contributed by atoms with van der Waals surface area (Å²) in [6, 6.07) is 11.1. The standard InChI is InChI=1S/C23H24N4O3S.ClH/c28-22-17-7-3-4-8-18(17)23(29)27(22)14-11-20-24-21(30-25-20)19-10-9-16(31-19)15-26-12-5-1-2-6-13-26;/h3-4,7-10H,1-2,5-6,11-15H2;1H. The van der Waals surface area contributed by atoms with Gasteiger partial charge in [-0.25, -0.2) is 0 Å². The van der Waals surface area contributed by atoms with Crippen molar-refractivity contribution in [3.63, 3.8) is 0 Å². The first-order valence-electron chi connectivity index (χ1n) is 10.8. The Bertz CT molecular complexity index is 1070. The minimum atomic E-state index is -0.263. The third kappa shape index (κ3) is 4.62. The van der Waals surface area contributed by atoms with Gasteiger partial charge in [-0.1, -0.05) is 30.1 Å². The van der Waals surface area contributed by atoms with Crippen LogP contribution in [0.3, 0.4) is 0 Å². The maximum atomic E-state index is 12.5. The van der Waals surface area contributed by atoms with E-state index >= 15 is 0 Å². The predicted octanol–water partition coefficient (Wildman–Crippen LogP) is 4.43. The summed E-state index contributed by atoms with van der Waals surface area (Å²) < 4.78 is 5.45. The normalized spacial score (nSPS) is 16.7. The van der Waals surface area contributed by atoms with Crippen molar-refractivity contribution in [2.45, 2.75) is 38.6 Å². The van der Waals surface area contributed by atoms with Gasteiger partial charge in [-0.05, 0) is 50.2 Å². The van der Waals surface area contributed by atoms with Crippen LogP contribution in [0.25, 0.3) is 10.8 Å². The first-order valence-corrected chi connectivity index (χ1v) is 11.6. The molecule has 0 aliphatic carbocycles.